The first kappa shape index (κ1) is 14.8. The maximum Gasteiger partial charge on any atom is 0.309 e. The molecule has 2 rings (SSSR count). The van der Waals surface area contributed by atoms with Crippen LogP contribution in [0.4, 0.5) is 0 Å². The SMILES string of the molecule is CCN1CCOC(CN2CCC[C@H](C(=O)OC)C2)C1. The second-order valence-electron chi connectivity index (χ2n) is 5.51. The van der Waals surface area contributed by atoms with E-state index in [1.165, 1.54) is 7.11 Å². The third-order valence-corrected chi connectivity index (χ3v) is 4.17. The van der Waals surface area contributed by atoms with Crippen LogP contribution in [0.1, 0.15) is 19.8 Å². The molecule has 5 heteroatoms. The Morgan fingerprint density at radius 3 is 2.89 bits per heavy atom. The number of esters is 1. The molecule has 19 heavy (non-hydrogen) atoms. The number of piperidine rings is 1. The summed E-state index contributed by atoms with van der Waals surface area (Å²) < 4.78 is 10.7. The maximum atomic E-state index is 11.6. The highest BCUT2D eigenvalue weighted by molar-refractivity contribution is 5.72. The van der Waals surface area contributed by atoms with Crippen molar-refractivity contribution in [1.82, 2.24) is 9.80 Å². The first-order chi connectivity index (χ1) is 9.22. The molecule has 110 valence electrons. The molecule has 2 aliphatic heterocycles. The van der Waals surface area contributed by atoms with Crippen molar-refractivity contribution in [3.63, 3.8) is 0 Å². The van der Waals surface area contributed by atoms with Gasteiger partial charge in [-0.3, -0.25) is 14.6 Å². The fourth-order valence-electron chi connectivity index (χ4n) is 3.05. The van der Waals surface area contributed by atoms with E-state index in [1.54, 1.807) is 0 Å². The highest BCUT2D eigenvalue weighted by Gasteiger charge is 2.29. The van der Waals surface area contributed by atoms with Crippen molar-refractivity contribution in [2.24, 2.45) is 5.92 Å². The summed E-state index contributed by atoms with van der Waals surface area (Å²) in [6, 6.07) is 0. The predicted octanol–water partition coefficient (Wildman–Crippen LogP) is 0.592. The van der Waals surface area contributed by atoms with Crippen LogP contribution in [0.2, 0.25) is 0 Å². The second kappa shape index (κ2) is 7.22. The molecule has 5 nitrogen and oxygen atoms in total. The minimum absolute atomic E-state index is 0.0459. The third kappa shape index (κ3) is 4.16. The Hall–Kier alpha value is -0.650. The van der Waals surface area contributed by atoms with Crippen LogP contribution in [0, 0.1) is 5.92 Å². The summed E-state index contributed by atoms with van der Waals surface area (Å²) in [5, 5.41) is 0. The van der Waals surface area contributed by atoms with E-state index in [1.807, 2.05) is 0 Å². The van der Waals surface area contributed by atoms with Gasteiger partial charge >= 0.3 is 5.97 Å². The summed E-state index contributed by atoms with van der Waals surface area (Å²) in [6.45, 7) is 8.98. The Labute approximate surface area is 115 Å². The average Bonchev–Trinajstić information content (AvgIpc) is 2.47. The Morgan fingerprint density at radius 2 is 2.16 bits per heavy atom. The number of ether oxygens (including phenoxy) is 2. The zero-order valence-corrected chi connectivity index (χ0v) is 12.1. The van der Waals surface area contributed by atoms with Gasteiger partial charge in [0.25, 0.3) is 0 Å². The summed E-state index contributed by atoms with van der Waals surface area (Å²) in [4.78, 5) is 16.4. The smallest absolute Gasteiger partial charge is 0.309 e. The molecule has 0 amide bonds. The second-order valence-corrected chi connectivity index (χ2v) is 5.51. The summed E-state index contributed by atoms with van der Waals surface area (Å²) in [5.41, 5.74) is 0. The van der Waals surface area contributed by atoms with Gasteiger partial charge in [0.05, 0.1) is 25.7 Å². The fourth-order valence-corrected chi connectivity index (χ4v) is 3.05. The van der Waals surface area contributed by atoms with Gasteiger partial charge in [-0.15, -0.1) is 0 Å². The predicted molar refractivity (Wildman–Crippen MR) is 73.0 cm³/mol. The van der Waals surface area contributed by atoms with Gasteiger partial charge < -0.3 is 9.47 Å². The van der Waals surface area contributed by atoms with Crippen LogP contribution < -0.4 is 0 Å². The molecule has 0 spiro atoms. The number of nitrogens with zero attached hydrogens (tertiary/aromatic N) is 2. The number of hydrogen-bond donors (Lipinski definition) is 0. The van der Waals surface area contributed by atoms with E-state index in [4.69, 9.17) is 9.47 Å². The Bertz CT molecular complexity index is 298. The fraction of sp³-hybridized carbons (Fsp3) is 0.929. The number of carbonyl (C=O) groups is 1. The molecule has 1 unspecified atom stereocenters. The van der Waals surface area contributed by atoms with Crippen LogP contribution in [0.3, 0.4) is 0 Å². The highest BCUT2D eigenvalue weighted by atomic mass is 16.5. The van der Waals surface area contributed by atoms with Crippen molar-refractivity contribution in [1.29, 1.82) is 0 Å². The van der Waals surface area contributed by atoms with Crippen LogP contribution in [0.15, 0.2) is 0 Å². The molecule has 0 radical (unpaired) electrons. The van der Waals surface area contributed by atoms with Crippen molar-refractivity contribution in [3.05, 3.63) is 0 Å². The number of carbonyl (C=O) groups excluding carboxylic acids is 1. The van der Waals surface area contributed by atoms with E-state index < -0.39 is 0 Å². The molecular weight excluding hydrogens is 244 g/mol. The van der Waals surface area contributed by atoms with Gasteiger partial charge in [-0.25, -0.2) is 0 Å². The largest absolute Gasteiger partial charge is 0.469 e. The van der Waals surface area contributed by atoms with E-state index in [0.29, 0.717) is 0 Å². The molecule has 2 fully saturated rings. The first-order valence-electron chi connectivity index (χ1n) is 7.37. The van der Waals surface area contributed by atoms with Gasteiger partial charge in [-0.1, -0.05) is 6.92 Å². The van der Waals surface area contributed by atoms with Crippen LogP contribution in [0.5, 0.6) is 0 Å². The highest BCUT2D eigenvalue weighted by Crippen LogP contribution is 2.19. The van der Waals surface area contributed by atoms with Gasteiger partial charge in [0.1, 0.15) is 0 Å². The number of likely N-dealkylation sites (tertiary alicyclic amines) is 1. The lowest BCUT2D eigenvalue weighted by molar-refractivity contribution is -0.147. The molecule has 2 aliphatic rings. The Morgan fingerprint density at radius 1 is 1.32 bits per heavy atom. The molecule has 2 saturated heterocycles. The number of hydrogen-bond acceptors (Lipinski definition) is 5. The van der Waals surface area contributed by atoms with Crippen LogP contribution >= 0.6 is 0 Å². The molecule has 0 saturated carbocycles. The lowest BCUT2D eigenvalue weighted by Gasteiger charge is -2.37. The van der Waals surface area contributed by atoms with Crippen LogP contribution in [-0.2, 0) is 14.3 Å². The van der Waals surface area contributed by atoms with E-state index >= 15 is 0 Å². The lowest BCUT2D eigenvalue weighted by Crippen LogP contribution is -2.49. The Balaban J connectivity index is 1.80. The molecule has 2 heterocycles. The molecule has 0 aliphatic carbocycles. The van der Waals surface area contributed by atoms with Gasteiger partial charge in [-0.2, -0.15) is 0 Å². The van der Waals surface area contributed by atoms with Crippen molar-refractivity contribution in [3.8, 4) is 0 Å². The summed E-state index contributed by atoms with van der Waals surface area (Å²) >= 11 is 0. The molecule has 0 N–H and O–H groups in total. The molecule has 2 atom stereocenters. The monoisotopic (exact) mass is 270 g/mol. The third-order valence-electron chi connectivity index (χ3n) is 4.17. The summed E-state index contributed by atoms with van der Waals surface area (Å²) in [6.07, 6.45) is 2.31. The van der Waals surface area contributed by atoms with E-state index in [-0.39, 0.29) is 18.0 Å². The van der Waals surface area contributed by atoms with Gasteiger partial charge in [0.2, 0.25) is 0 Å². The topological polar surface area (TPSA) is 42.0 Å². The van der Waals surface area contributed by atoms with Crippen molar-refractivity contribution in [2.75, 3.05) is 53.0 Å². The molecule has 0 aromatic rings. The minimum atomic E-state index is -0.0653. The number of methoxy groups -OCH3 is 1. The zero-order valence-electron chi connectivity index (χ0n) is 12.1. The zero-order chi connectivity index (χ0) is 13.7. The van der Waals surface area contributed by atoms with Crippen molar-refractivity contribution in [2.45, 2.75) is 25.9 Å². The normalized spacial score (nSPS) is 30.2. The van der Waals surface area contributed by atoms with Crippen molar-refractivity contribution < 1.29 is 14.3 Å². The van der Waals surface area contributed by atoms with E-state index in [2.05, 4.69) is 16.7 Å². The van der Waals surface area contributed by atoms with Crippen LogP contribution in [-0.4, -0.2) is 74.9 Å². The Kier molecular flexibility index (Phi) is 5.60. The first-order valence-corrected chi connectivity index (χ1v) is 7.37. The summed E-state index contributed by atoms with van der Waals surface area (Å²) in [5.74, 6) is -0.0194. The quantitative estimate of drug-likeness (QED) is 0.700. The average molecular weight is 270 g/mol. The maximum absolute atomic E-state index is 11.6. The molecule has 0 aromatic heterocycles. The van der Waals surface area contributed by atoms with Gasteiger partial charge in [0, 0.05) is 26.2 Å². The lowest BCUT2D eigenvalue weighted by atomic mass is 9.98. The number of morpholine rings is 1. The standard InChI is InChI=1S/C14H26N2O3/c1-3-15-7-8-19-13(10-15)11-16-6-4-5-12(9-16)14(17)18-2/h12-13H,3-11H2,1-2H3/t12-,13?/m0/s1. The number of rotatable bonds is 4. The van der Waals surface area contributed by atoms with Crippen molar-refractivity contribution >= 4 is 5.97 Å². The molecular formula is C14H26N2O3. The molecule has 0 bridgehead atoms. The minimum Gasteiger partial charge on any atom is -0.469 e. The van der Waals surface area contributed by atoms with Gasteiger partial charge in [-0.05, 0) is 25.9 Å². The van der Waals surface area contributed by atoms with E-state index in [0.717, 1.165) is 58.7 Å². The van der Waals surface area contributed by atoms with Crippen LogP contribution in [0.25, 0.3) is 0 Å². The van der Waals surface area contributed by atoms with E-state index in [9.17, 15) is 4.79 Å². The molecule has 0 aromatic carbocycles. The van der Waals surface area contributed by atoms with Gasteiger partial charge in [0.15, 0.2) is 0 Å². The number of likely N-dealkylation sites (N-methyl/N-ethyl adjacent to an activating group) is 1. The summed E-state index contributed by atoms with van der Waals surface area (Å²) in [7, 11) is 1.48.